The van der Waals surface area contributed by atoms with Crippen LogP contribution in [0.2, 0.25) is 0 Å². The number of aromatic nitrogens is 1. The molecule has 0 spiro atoms. The van der Waals surface area contributed by atoms with Crippen LogP contribution in [0.4, 0.5) is 13.2 Å². The van der Waals surface area contributed by atoms with Gasteiger partial charge in [-0.3, -0.25) is 9.78 Å². The first-order chi connectivity index (χ1) is 11.4. The summed E-state index contributed by atoms with van der Waals surface area (Å²) in [5, 5.41) is 9.93. The van der Waals surface area contributed by atoms with Gasteiger partial charge in [-0.2, -0.15) is 13.2 Å². The Morgan fingerprint density at radius 2 is 1.96 bits per heavy atom. The van der Waals surface area contributed by atoms with Crippen LogP contribution in [0.25, 0.3) is 0 Å². The van der Waals surface area contributed by atoms with Crippen LogP contribution in [0.3, 0.4) is 0 Å². The molecule has 1 aromatic heterocycles. The van der Waals surface area contributed by atoms with Gasteiger partial charge in [-0.05, 0) is 30.2 Å². The van der Waals surface area contributed by atoms with Crippen LogP contribution >= 0.6 is 0 Å². The van der Waals surface area contributed by atoms with Crippen molar-refractivity contribution in [1.29, 1.82) is 0 Å². The average molecular weight is 336 g/mol. The van der Waals surface area contributed by atoms with Crippen molar-refractivity contribution in [2.75, 3.05) is 6.54 Å². The molecule has 0 bridgehead atoms. The first-order valence-electron chi connectivity index (χ1n) is 7.43. The van der Waals surface area contributed by atoms with Crippen molar-refractivity contribution in [3.63, 3.8) is 0 Å². The highest BCUT2D eigenvalue weighted by atomic mass is 19.4. The maximum atomic E-state index is 13.3. The Morgan fingerprint density at radius 3 is 2.62 bits per heavy atom. The van der Waals surface area contributed by atoms with E-state index in [4.69, 9.17) is 0 Å². The van der Waals surface area contributed by atoms with Crippen LogP contribution < -0.4 is 0 Å². The summed E-state index contributed by atoms with van der Waals surface area (Å²) in [6.07, 6.45) is -2.45. The zero-order valence-electron chi connectivity index (χ0n) is 12.6. The van der Waals surface area contributed by atoms with Crippen molar-refractivity contribution >= 4 is 5.91 Å². The number of benzene rings is 1. The van der Waals surface area contributed by atoms with Crippen LogP contribution in [0.5, 0.6) is 0 Å². The molecule has 0 unspecified atom stereocenters. The molecule has 1 aromatic carbocycles. The lowest BCUT2D eigenvalue weighted by Gasteiger charge is -2.27. The van der Waals surface area contributed by atoms with Gasteiger partial charge >= 0.3 is 6.18 Å². The second-order valence-electron chi connectivity index (χ2n) is 5.69. The van der Waals surface area contributed by atoms with Crippen molar-refractivity contribution in [3.8, 4) is 0 Å². The minimum Gasteiger partial charge on any atom is -0.391 e. The van der Waals surface area contributed by atoms with E-state index in [9.17, 15) is 23.1 Å². The van der Waals surface area contributed by atoms with Crippen LogP contribution in [-0.4, -0.2) is 33.5 Å². The standard InChI is InChI=1S/C17H15F3N2O2/c18-17(19,20)14-6-2-1-5-13(14)15-8-12(23)10-22(15)16(24)11-4-3-7-21-9-11/h1-7,9,12,15,23H,8,10H2/t12-,15-/m1/s1. The largest absolute Gasteiger partial charge is 0.416 e. The van der Waals surface area contributed by atoms with Crippen LogP contribution in [-0.2, 0) is 6.18 Å². The van der Waals surface area contributed by atoms with E-state index in [0.717, 1.165) is 6.07 Å². The van der Waals surface area contributed by atoms with E-state index in [2.05, 4.69) is 4.98 Å². The minimum absolute atomic E-state index is 0.00112. The summed E-state index contributed by atoms with van der Waals surface area (Å²) in [6.45, 7) is -0.00934. The number of β-amino-alcohol motifs (C(OH)–C–C–N with tert-alkyl or cyclic N) is 1. The fourth-order valence-electron chi connectivity index (χ4n) is 3.03. The van der Waals surface area contributed by atoms with Gasteiger partial charge in [-0.1, -0.05) is 18.2 Å². The first kappa shape index (κ1) is 16.4. The van der Waals surface area contributed by atoms with Crippen LogP contribution in [0, 0.1) is 0 Å². The molecule has 0 saturated carbocycles. The number of alkyl halides is 3. The Balaban J connectivity index is 1.99. The smallest absolute Gasteiger partial charge is 0.391 e. The van der Waals surface area contributed by atoms with Gasteiger partial charge in [0.2, 0.25) is 0 Å². The van der Waals surface area contributed by atoms with Gasteiger partial charge in [0.1, 0.15) is 0 Å². The zero-order valence-corrected chi connectivity index (χ0v) is 12.6. The predicted octanol–water partition coefficient (Wildman–Crippen LogP) is 3.05. The summed E-state index contributed by atoms with van der Waals surface area (Å²) in [4.78, 5) is 17.8. The SMILES string of the molecule is O=C(c1cccnc1)N1C[C@H](O)C[C@@H]1c1ccccc1C(F)(F)F. The van der Waals surface area contributed by atoms with E-state index in [1.165, 1.54) is 35.5 Å². The molecular formula is C17H15F3N2O2. The Kier molecular flexibility index (Phi) is 4.28. The maximum absolute atomic E-state index is 13.3. The fourth-order valence-corrected chi connectivity index (χ4v) is 3.03. The highest BCUT2D eigenvalue weighted by molar-refractivity contribution is 5.94. The molecule has 1 saturated heterocycles. The second-order valence-corrected chi connectivity index (χ2v) is 5.69. The number of amides is 1. The van der Waals surface area contributed by atoms with Gasteiger partial charge in [0.05, 0.1) is 23.3 Å². The number of hydrogen-bond acceptors (Lipinski definition) is 3. The molecule has 0 radical (unpaired) electrons. The van der Waals surface area contributed by atoms with Crippen LogP contribution in [0.1, 0.15) is 33.9 Å². The number of pyridine rings is 1. The number of likely N-dealkylation sites (tertiary alicyclic amines) is 1. The Bertz CT molecular complexity index is 734. The summed E-state index contributed by atoms with van der Waals surface area (Å²) in [7, 11) is 0. The van der Waals surface area contributed by atoms with Crippen LogP contribution in [0.15, 0.2) is 48.8 Å². The first-order valence-corrected chi connectivity index (χ1v) is 7.43. The fraction of sp³-hybridized carbons (Fsp3) is 0.294. The number of aliphatic hydroxyl groups excluding tert-OH is 1. The minimum atomic E-state index is -4.52. The Morgan fingerprint density at radius 1 is 1.21 bits per heavy atom. The van der Waals surface area contributed by atoms with Crippen molar-refractivity contribution in [3.05, 3.63) is 65.5 Å². The second kappa shape index (κ2) is 6.24. The molecule has 126 valence electrons. The number of carbonyl (C=O) groups excluding carboxylic acids is 1. The van der Waals surface area contributed by atoms with Gasteiger partial charge in [-0.15, -0.1) is 0 Å². The number of hydrogen-bond donors (Lipinski definition) is 1. The molecular weight excluding hydrogens is 321 g/mol. The highest BCUT2D eigenvalue weighted by Crippen LogP contribution is 2.40. The van der Waals surface area contributed by atoms with Gasteiger partial charge < -0.3 is 10.0 Å². The lowest BCUT2D eigenvalue weighted by atomic mass is 9.97. The third-order valence-electron chi connectivity index (χ3n) is 4.07. The van der Waals surface area contributed by atoms with E-state index in [-0.39, 0.29) is 24.1 Å². The van der Waals surface area contributed by atoms with Gasteiger partial charge in [0.15, 0.2) is 0 Å². The molecule has 1 amide bonds. The molecule has 1 fully saturated rings. The highest BCUT2D eigenvalue weighted by Gasteiger charge is 2.41. The molecule has 2 heterocycles. The number of rotatable bonds is 2. The van der Waals surface area contributed by atoms with E-state index < -0.39 is 29.8 Å². The van der Waals surface area contributed by atoms with Crippen molar-refractivity contribution in [2.24, 2.45) is 0 Å². The Labute approximate surface area is 136 Å². The lowest BCUT2D eigenvalue weighted by molar-refractivity contribution is -0.138. The summed E-state index contributed by atoms with van der Waals surface area (Å²) in [6, 6.07) is 7.46. The number of aliphatic hydroxyl groups is 1. The van der Waals surface area contributed by atoms with Crippen molar-refractivity contribution in [1.82, 2.24) is 9.88 Å². The molecule has 1 N–H and O–H groups in total. The monoisotopic (exact) mass is 336 g/mol. The summed E-state index contributed by atoms with van der Waals surface area (Å²) < 4.78 is 39.8. The quantitative estimate of drug-likeness (QED) is 0.917. The van der Waals surface area contributed by atoms with Gasteiger partial charge in [0, 0.05) is 18.9 Å². The van der Waals surface area contributed by atoms with Crippen molar-refractivity contribution < 1.29 is 23.1 Å². The summed E-state index contributed by atoms with van der Waals surface area (Å²) >= 11 is 0. The number of nitrogens with zero attached hydrogens (tertiary/aromatic N) is 2. The van der Waals surface area contributed by atoms with E-state index in [1.54, 1.807) is 12.1 Å². The number of halogens is 3. The molecule has 2 aromatic rings. The molecule has 1 aliphatic heterocycles. The third kappa shape index (κ3) is 3.12. The van der Waals surface area contributed by atoms with E-state index in [1.807, 2.05) is 0 Å². The molecule has 1 aliphatic rings. The lowest BCUT2D eigenvalue weighted by Crippen LogP contribution is -2.32. The number of carbonyl (C=O) groups is 1. The summed E-state index contributed by atoms with van der Waals surface area (Å²) in [5.74, 6) is -0.443. The molecule has 4 nitrogen and oxygen atoms in total. The average Bonchev–Trinajstić information content (AvgIpc) is 2.96. The molecule has 0 aliphatic carbocycles. The van der Waals surface area contributed by atoms with Gasteiger partial charge in [-0.25, -0.2) is 0 Å². The topological polar surface area (TPSA) is 53.4 Å². The van der Waals surface area contributed by atoms with Crippen molar-refractivity contribution in [2.45, 2.75) is 24.7 Å². The zero-order chi connectivity index (χ0) is 17.3. The molecule has 7 heteroatoms. The summed E-state index contributed by atoms with van der Waals surface area (Å²) in [5.41, 5.74) is -0.507. The molecule has 2 atom stereocenters. The Hall–Kier alpha value is -2.41. The van der Waals surface area contributed by atoms with Gasteiger partial charge in [0.25, 0.3) is 5.91 Å². The predicted molar refractivity (Wildman–Crippen MR) is 80.1 cm³/mol. The third-order valence-corrected chi connectivity index (χ3v) is 4.07. The normalized spacial score (nSPS) is 21.1. The molecule has 3 rings (SSSR count). The molecule has 24 heavy (non-hydrogen) atoms. The van der Waals surface area contributed by atoms with E-state index in [0.29, 0.717) is 0 Å². The van der Waals surface area contributed by atoms with E-state index >= 15 is 0 Å². The maximum Gasteiger partial charge on any atom is 0.416 e.